The number of anilines is 1. The summed E-state index contributed by atoms with van der Waals surface area (Å²) < 4.78 is 81.1. The number of thioether (sulfide) groups is 1. The van der Waals surface area contributed by atoms with E-state index in [0.717, 1.165) is 31.9 Å². The number of nitrogens with one attached hydrogen (secondary N) is 1. The molecule has 0 saturated carbocycles. The number of nitrogens with zero attached hydrogens (tertiary/aromatic N) is 2. The second-order valence-electron chi connectivity index (χ2n) is 19.5. The molecule has 0 unspecified atom stereocenters. The normalized spacial score (nSPS) is 13.8. The Hall–Kier alpha value is -5.97. The molecule has 2 aliphatic heterocycles. The van der Waals surface area contributed by atoms with Gasteiger partial charge < -0.3 is 18.4 Å². The number of Topliss-reactive ketones (excluding diaryl/α,β-unsaturated/α-hetero) is 2. The van der Waals surface area contributed by atoms with Crippen LogP contribution in [0.25, 0.3) is 50.4 Å². The minimum atomic E-state index is -5.23. The lowest BCUT2D eigenvalue weighted by molar-refractivity contribution is -0.671. The average molecular weight is 987 g/mol. The third-order valence-electron chi connectivity index (χ3n) is 12.3. The maximum absolute atomic E-state index is 12.8. The van der Waals surface area contributed by atoms with Crippen LogP contribution in [0.15, 0.2) is 127 Å². The summed E-state index contributed by atoms with van der Waals surface area (Å²) in [5, 5.41) is 10.1. The van der Waals surface area contributed by atoms with Crippen molar-refractivity contribution in [3.05, 3.63) is 136 Å². The van der Waals surface area contributed by atoms with E-state index in [1.165, 1.54) is 57.2 Å². The predicted molar refractivity (Wildman–Crippen MR) is 269 cm³/mol. The Balaban J connectivity index is 0.000000206. The summed E-state index contributed by atoms with van der Waals surface area (Å²) in [6.07, 6.45) is 8.34. The van der Waals surface area contributed by atoms with Crippen molar-refractivity contribution in [2.45, 2.75) is 102 Å². The maximum atomic E-state index is 12.8. The predicted octanol–water partition coefficient (Wildman–Crippen LogP) is 11.2. The fourth-order valence-electron chi connectivity index (χ4n) is 8.56. The van der Waals surface area contributed by atoms with Crippen LogP contribution in [0.5, 0.6) is 0 Å². The van der Waals surface area contributed by atoms with Gasteiger partial charge in [0.1, 0.15) is 42.4 Å². The van der Waals surface area contributed by atoms with Crippen LogP contribution in [0, 0.1) is 30.1 Å². The fraction of sp³-hybridized carbons (Fsp3) is 0.296. The number of ketones is 2. The lowest BCUT2D eigenvalue weighted by Crippen LogP contribution is -2.34. The highest BCUT2D eigenvalue weighted by Crippen LogP contribution is 2.47. The number of carbonyl (C=O) groups excluding carboxylic acids is 2. The lowest BCUT2D eigenvalue weighted by Gasteiger charge is -2.23. The van der Waals surface area contributed by atoms with Gasteiger partial charge >= 0.3 is 0 Å². The van der Waals surface area contributed by atoms with Gasteiger partial charge in [-0.2, -0.15) is 4.57 Å². The van der Waals surface area contributed by atoms with Crippen LogP contribution < -0.4 is 14.8 Å². The van der Waals surface area contributed by atoms with Crippen molar-refractivity contribution in [1.29, 1.82) is 5.41 Å². The molecule has 0 bridgehead atoms. The summed E-state index contributed by atoms with van der Waals surface area (Å²) in [4.78, 5) is 26.9. The largest absolute Gasteiger partial charge is 0.744 e. The number of para-hydroxylation sites is 2. The van der Waals surface area contributed by atoms with Crippen molar-refractivity contribution in [1.82, 2.24) is 0 Å². The molecule has 3 heterocycles. The summed E-state index contributed by atoms with van der Waals surface area (Å²) in [6.45, 7) is 15.5. The summed E-state index contributed by atoms with van der Waals surface area (Å²) in [5.74, 6) is -0.270. The van der Waals surface area contributed by atoms with Crippen LogP contribution in [0.4, 0.5) is 5.69 Å². The fourth-order valence-corrected chi connectivity index (χ4v) is 11.2. The quantitative estimate of drug-likeness (QED) is 0.0426. The average Bonchev–Trinajstić information content (AvgIpc) is 3.58. The highest BCUT2D eigenvalue weighted by atomic mass is 32.2. The first kappa shape index (κ1) is 50.9. The monoisotopic (exact) mass is 986 g/mol. The highest BCUT2D eigenvalue weighted by Gasteiger charge is 2.29. The molecule has 0 saturated heterocycles. The molecular formula is C54H56N3O9S3-. The Morgan fingerprint density at radius 1 is 0.754 bits per heavy atom. The number of fused-ring (bicyclic) bond motifs is 4. The number of aromatic nitrogens is 1. The highest BCUT2D eigenvalue weighted by molar-refractivity contribution is 8.03. The Morgan fingerprint density at radius 3 is 2.07 bits per heavy atom. The minimum Gasteiger partial charge on any atom is -0.744 e. The number of rotatable bonds is 11. The first-order valence-electron chi connectivity index (χ1n) is 22.6. The molecule has 3 aliphatic rings. The molecule has 12 nitrogen and oxygen atoms in total. The Kier molecular flexibility index (Phi) is 14.3. The van der Waals surface area contributed by atoms with Gasteiger partial charge in [-0.1, -0.05) is 102 Å². The maximum Gasteiger partial charge on any atom is 0.213 e. The van der Waals surface area contributed by atoms with Gasteiger partial charge in [0.15, 0.2) is 23.3 Å². The van der Waals surface area contributed by atoms with Crippen molar-refractivity contribution in [3.8, 4) is 22.5 Å². The zero-order valence-corrected chi connectivity index (χ0v) is 42.7. The number of aryl methyl sites for hydroxylation is 3. The van der Waals surface area contributed by atoms with E-state index >= 15 is 0 Å². The molecule has 5 aromatic rings. The van der Waals surface area contributed by atoms with Crippen molar-refractivity contribution in [2.24, 2.45) is 10.8 Å². The van der Waals surface area contributed by atoms with Crippen molar-refractivity contribution < 1.29 is 44.5 Å². The molecule has 0 spiro atoms. The van der Waals surface area contributed by atoms with Crippen molar-refractivity contribution >= 4 is 77.2 Å². The summed E-state index contributed by atoms with van der Waals surface area (Å²) in [5.41, 5.74) is 4.48. The van der Waals surface area contributed by atoms with Gasteiger partial charge in [-0.05, 0) is 91.4 Å². The van der Waals surface area contributed by atoms with Crippen molar-refractivity contribution in [2.75, 3.05) is 11.9 Å². The molecule has 15 heteroatoms. The molecule has 1 aromatic heterocycles. The first-order valence-corrected chi connectivity index (χ1v) is 26.2. The molecule has 1 aliphatic carbocycles. The van der Waals surface area contributed by atoms with Gasteiger partial charge in [0.25, 0.3) is 0 Å². The second-order valence-corrected chi connectivity index (χ2v) is 23.2. The molecule has 0 atom stereocenters. The number of pyridine rings is 1. The third-order valence-corrected chi connectivity index (χ3v) is 15.3. The van der Waals surface area contributed by atoms with Gasteiger partial charge in [0, 0.05) is 69.8 Å². The lowest BCUT2D eigenvalue weighted by atomic mass is 9.84. The van der Waals surface area contributed by atoms with E-state index < -0.39 is 52.1 Å². The molecule has 0 fully saturated rings. The van der Waals surface area contributed by atoms with Crippen LogP contribution in [-0.4, -0.2) is 44.6 Å². The summed E-state index contributed by atoms with van der Waals surface area (Å²) in [6, 6.07) is 29.8. The van der Waals surface area contributed by atoms with Crippen LogP contribution in [0.2, 0.25) is 0 Å². The second kappa shape index (κ2) is 19.4. The van der Waals surface area contributed by atoms with Crippen LogP contribution in [0.3, 0.4) is 0 Å². The standard InChI is InChI=1S/C28H33N2OS.C26H25NO8S2/c1-28(2,3)26(31)16-6-5-11-18-30-19-17-21(22-12-7-8-13-23(22)30)20-27-29(4)24-14-9-10-15-25(24)32-27;1-13-6-8-17-20(16-9-7-15(12-14(16)2)25(28)26(3,4)5)18-10-11-19(27)24(37(32,33)34)22(18)35-21(17)23(13)36(29,30)31/h7-10,12-15,17,19-20H,5-6,11,16,18H2,1-4H3;6-12,27H,1-5H3,(H,29,30,31)(H,32,33,34)/q+1;/p-2. The first-order chi connectivity index (χ1) is 32.3. The van der Waals surface area contributed by atoms with E-state index in [-0.39, 0.29) is 27.7 Å². The molecular weight excluding hydrogens is 931 g/mol. The minimum absolute atomic E-state index is 0.0629. The van der Waals surface area contributed by atoms with Crippen molar-refractivity contribution in [3.63, 3.8) is 0 Å². The van der Waals surface area contributed by atoms with E-state index in [4.69, 9.17) is 9.83 Å². The number of benzene rings is 5. The molecule has 8 rings (SSSR count). The van der Waals surface area contributed by atoms with Crippen LogP contribution in [-0.2, 0) is 31.6 Å². The van der Waals surface area contributed by atoms with E-state index in [1.54, 1.807) is 45.9 Å². The van der Waals surface area contributed by atoms with Crippen LogP contribution in [0.1, 0.15) is 94.3 Å². The van der Waals surface area contributed by atoms with E-state index in [9.17, 15) is 35.5 Å². The van der Waals surface area contributed by atoms with Crippen LogP contribution >= 0.6 is 11.8 Å². The molecule has 1 N–H and O–H groups in total. The van der Waals surface area contributed by atoms with Gasteiger partial charge in [-0.15, -0.1) is 0 Å². The number of carbonyl (C=O) groups is 2. The number of unbranched alkanes of at least 4 members (excludes halogenated alkanes) is 2. The summed E-state index contributed by atoms with van der Waals surface area (Å²) >= 11 is 1.83. The summed E-state index contributed by atoms with van der Waals surface area (Å²) in [7, 11) is -8.19. The number of hydrogen-bond acceptors (Lipinski definition) is 12. The Bertz CT molecular complexity index is 3470. The van der Waals surface area contributed by atoms with Gasteiger partial charge in [-0.25, -0.2) is 16.8 Å². The molecule has 0 radical (unpaired) electrons. The molecule has 0 amide bonds. The number of hydrogen-bond donors (Lipinski definition) is 1. The Morgan fingerprint density at radius 2 is 1.42 bits per heavy atom. The Labute approximate surface area is 408 Å². The van der Waals surface area contributed by atoms with Gasteiger partial charge in [0.2, 0.25) is 5.52 Å². The molecule has 360 valence electrons. The van der Waals surface area contributed by atoms with E-state index in [2.05, 4.69) is 83.4 Å². The molecule has 4 aromatic carbocycles. The van der Waals surface area contributed by atoms with Gasteiger partial charge in [0.05, 0.1) is 21.5 Å². The zero-order valence-electron chi connectivity index (χ0n) is 40.2. The van der Waals surface area contributed by atoms with Gasteiger partial charge in [-0.3, -0.25) is 15.0 Å². The molecule has 69 heavy (non-hydrogen) atoms. The third kappa shape index (κ3) is 10.8. The van der Waals surface area contributed by atoms with E-state index in [0.29, 0.717) is 34.5 Å². The topological polar surface area (TPSA) is 193 Å². The SMILES string of the molecule is CN1/C(=C/c2cc[n+](CCCCCC(=O)C(C)(C)C)c3ccccc23)Sc2ccccc21.Cc1cc(C(=O)C(C)(C)C)ccc1-c1c2ccc(=N)c(S(=O)(=O)[O-])c-2oc2c(S(=O)(=O)[O-])c(C)ccc12. The smallest absolute Gasteiger partial charge is 0.213 e. The zero-order chi connectivity index (χ0) is 50.4. The van der Waals surface area contributed by atoms with E-state index in [1.807, 2.05) is 32.5 Å².